The Balaban J connectivity index is 2.54. The smallest absolute Gasteiger partial charge is 0.326 e. The number of urea groups is 1. The number of amides is 2. The van der Waals surface area contributed by atoms with E-state index in [1.807, 2.05) is 0 Å². The number of rotatable bonds is 6. The average Bonchev–Trinajstić information content (AvgIpc) is 2.58. The number of aliphatic carboxylic acids is 1. The first-order valence-electron chi connectivity index (χ1n) is 6.83. The summed E-state index contributed by atoms with van der Waals surface area (Å²) >= 11 is 0. The van der Waals surface area contributed by atoms with Crippen LogP contribution in [-0.4, -0.2) is 74.8 Å². The Bertz CT molecular complexity index is 464. The Hall–Kier alpha value is -1.35. The van der Waals surface area contributed by atoms with E-state index < -0.39 is 27.9 Å². The number of nitrogens with one attached hydrogen (secondary N) is 1. The summed E-state index contributed by atoms with van der Waals surface area (Å²) in [6.45, 7) is 0.829. The van der Waals surface area contributed by atoms with Gasteiger partial charge in [-0.2, -0.15) is 0 Å². The van der Waals surface area contributed by atoms with Crippen molar-refractivity contribution in [2.24, 2.45) is 0 Å². The molecule has 1 rings (SSSR count). The maximum Gasteiger partial charge on any atom is 0.326 e. The first kappa shape index (κ1) is 17.7. The number of ether oxygens (including phenoxy) is 1. The molecular formula is C12H22N2O6S. The van der Waals surface area contributed by atoms with Crippen molar-refractivity contribution >= 4 is 21.8 Å². The summed E-state index contributed by atoms with van der Waals surface area (Å²) in [6.07, 6.45) is 1.15. The molecule has 0 aromatic heterocycles. The Morgan fingerprint density at radius 1 is 1.33 bits per heavy atom. The molecule has 8 nitrogen and oxygen atoms in total. The lowest BCUT2D eigenvalue weighted by Crippen LogP contribution is -2.48. The molecule has 2 amide bonds. The summed E-state index contributed by atoms with van der Waals surface area (Å²) in [6, 6.07) is -1.52. The number of carbonyl (C=O) groups is 2. The van der Waals surface area contributed by atoms with Gasteiger partial charge in [0, 0.05) is 26.8 Å². The van der Waals surface area contributed by atoms with Gasteiger partial charge in [-0.15, -0.1) is 0 Å². The van der Waals surface area contributed by atoms with Gasteiger partial charge >= 0.3 is 12.0 Å². The highest BCUT2D eigenvalue weighted by atomic mass is 32.2. The third kappa shape index (κ3) is 6.30. The molecule has 0 aromatic carbocycles. The van der Waals surface area contributed by atoms with E-state index >= 15 is 0 Å². The summed E-state index contributed by atoms with van der Waals surface area (Å²) < 4.78 is 27.8. The van der Waals surface area contributed by atoms with Crippen LogP contribution in [-0.2, 0) is 19.4 Å². The van der Waals surface area contributed by atoms with Crippen molar-refractivity contribution in [1.82, 2.24) is 10.2 Å². The number of nitrogens with zero attached hydrogens (tertiary/aromatic N) is 1. The topological polar surface area (TPSA) is 113 Å². The van der Waals surface area contributed by atoms with Gasteiger partial charge in [-0.3, -0.25) is 0 Å². The lowest BCUT2D eigenvalue weighted by molar-refractivity contribution is -0.139. The van der Waals surface area contributed by atoms with Crippen LogP contribution >= 0.6 is 0 Å². The SMILES string of the molecule is COCCCC(NC(=O)N1CCCS(=O)(=O)CC1)C(=O)O. The van der Waals surface area contributed by atoms with Crippen LogP contribution < -0.4 is 5.32 Å². The van der Waals surface area contributed by atoms with Crippen LogP contribution in [0.1, 0.15) is 19.3 Å². The first-order valence-corrected chi connectivity index (χ1v) is 8.65. The molecule has 0 aromatic rings. The van der Waals surface area contributed by atoms with Gasteiger partial charge in [-0.1, -0.05) is 0 Å². The number of methoxy groups -OCH3 is 1. The fourth-order valence-corrected chi connectivity index (χ4v) is 3.34. The molecule has 1 aliphatic heterocycles. The van der Waals surface area contributed by atoms with Gasteiger partial charge in [0.25, 0.3) is 0 Å². The molecule has 21 heavy (non-hydrogen) atoms. The molecule has 2 N–H and O–H groups in total. The maximum atomic E-state index is 12.0. The van der Waals surface area contributed by atoms with E-state index in [2.05, 4.69) is 5.32 Å². The summed E-state index contributed by atoms with van der Waals surface area (Å²) in [5, 5.41) is 11.5. The van der Waals surface area contributed by atoms with Gasteiger partial charge in [0.15, 0.2) is 9.84 Å². The number of carbonyl (C=O) groups excluding carboxylic acids is 1. The Kier molecular flexibility index (Phi) is 6.90. The molecule has 1 unspecified atom stereocenters. The fraction of sp³-hybridized carbons (Fsp3) is 0.833. The summed E-state index contributed by atoms with van der Waals surface area (Å²) in [4.78, 5) is 24.5. The molecule has 1 fully saturated rings. The minimum atomic E-state index is -3.10. The van der Waals surface area contributed by atoms with Gasteiger partial charge in [-0.25, -0.2) is 18.0 Å². The lowest BCUT2D eigenvalue weighted by atomic mass is 10.1. The molecule has 1 atom stereocenters. The predicted molar refractivity (Wildman–Crippen MR) is 75.9 cm³/mol. The molecule has 0 spiro atoms. The van der Waals surface area contributed by atoms with Gasteiger partial charge in [0.1, 0.15) is 6.04 Å². The van der Waals surface area contributed by atoms with E-state index in [-0.39, 0.29) is 24.5 Å². The van der Waals surface area contributed by atoms with Crippen molar-refractivity contribution in [3.05, 3.63) is 0 Å². The highest BCUT2D eigenvalue weighted by Crippen LogP contribution is 2.06. The van der Waals surface area contributed by atoms with Crippen molar-refractivity contribution in [2.45, 2.75) is 25.3 Å². The van der Waals surface area contributed by atoms with E-state index in [0.29, 0.717) is 26.0 Å². The van der Waals surface area contributed by atoms with Crippen molar-refractivity contribution in [3.8, 4) is 0 Å². The molecule has 0 bridgehead atoms. The van der Waals surface area contributed by atoms with Crippen LogP contribution in [0.25, 0.3) is 0 Å². The van der Waals surface area contributed by atoms with E-state index in [9.17, 15) is 18.0 Å². The van der Waals surface area contributed by atoms with Crippen molar-refractivity contribution < 1.29 is 27.9 Å². The second kappa shape index (κ2) is 8.18. The van der Waals surface area contributed by atoms with Crippen molar-refractivity contribution in [3.63, 3.8) is 0 Å². The van der Waals surface area contributed by atoms with E-state index in [0.717, 1.165) is 0 Å². The molecule has 1 heterocycles. The van der Waals surface area contributed by atoms with E-state index in [1.165, 1.54) is 12.0 Å². The zero-order valence-corrected chi connectivity index (χ0v) is 12.9. The molecule has 0 saturated carbocycles. The Morgan fingerprint density at radius 3 is 2.67 bits per heavy atom. The van der Waals surface area contributed by atoms with Crippen LogP contribution in [0.15, 0.2) is 0 Å². The van der Waals surface area contributed by atoms with E-state index in [4.69, 9.17) is 9.84 Å². The molecule has 122 valence electrons. The van der Waals surface area contributed by atoms with Crippen LogP contribution in [0.2, 0.25) is 0 Å². The number of carboxylic acid groups (broad SMARTS) is 1. The molecule has 0 aliphatic carbocycles. The normalized spacial score (nSPS) is 19.6. The molecule has 1 aliphatic rings. The highest BCUT2D eigenvalue weighted by molar-refractivity contribution is 7.91. The minimum Gasteiger partial charge on any atom is -0.480 e. The van der Waals surface area contributed by atoms with Crippen molar-refractivity contribution in [1.29, 1.82) is 0 Å². The molecule has 1 saturated heterocycles. The number of hydrogen-bond donors (Lipinski definition) is 2. The summed E-state index contributed by atoms with van der Waals surface area (Å²) in [5.74, 6) is -1.13. The largest absolute Gasteiger partial charge is 0.480 e. The van der Waals surface area contributed by atoms with Crippen molar-refractivity contribution in [2.75, 3.05) is 38.3 Å². The monoisotopic (exact) mass is 322 g/mol. The second-order valence-corrected chi connectivity index (χ2v) is 7.27. The van der Waals surface area contributed by atoms with E-state index in [1.54, 1.807) is 0 Å². The van der Waals surface area contributed by atoms with Crippen LogP contribution in [0, 0.1) is 0 Å². The Labute approximate surface area is 124 Å². The number of sulfone groups is 1. The van der Waals surface area contributed by atoms with Crippen LogP contribution in [0.3, 0.4) is 0 Å². The van der Waals surface area contributed by atoms with Gasteiger partial charge < -0.3 is 20.1 Å². The number of carboxylic acids is 1. The maximum absolute atomic E-state index is 12.0. The minimum absolute atomic E-state index is 0.0625. The zero-order chi connectivity index (χ0) is 15.9. The third-order valence-electron chi connectivity index (χ3n) is 3.28. The fourth-order valence-electron chi connectivity index (χ4n) is 2.07. The summed E-state index contributed by atoms with van der Waals surface area (Å²) in [5.41, 5.74) is 0. The molecule has 9 heteroatoms. The standard InChI is InChI=1S/C12H22N2O6S/c1-20-7-2-4-10(11(15)16)13-12(17)14-5-3-8-21(18,19)9-6-14/h10H,2-9H2,1H3,(H,13,17)(H,15,16). The van der Waals surface area contributed by atoms with Crippen LogP contribution in [0.5, 0.6) is 0 Å². The second-order valence-electron chi connectivity index (χ2n) is 4.97. The third-order valence-corrected chi connectivity index (χ3v) is 5.00. The molecular weight excluding hydrogens is 300 g/mol. The van der Waals surface area contributed by atoms with Gasteiger partial charge in [-0.05, 0) is 19.3 Å². The lowest BCUT2D eigenvalue weighted by Gasteiger charge is -2.23. The highest BCUT2D eigenvalue weighted by Gasteiger charge is 2.26. The predicted octanol–water partition coefficient (Wildman–Crippen LogP) is -0.304. The average molecular weight is 322 g/mol. The number of hydrogen-bond acceptors (Lipinski definition) is 5. The zero-order valence-electron chi connectivity index (χ0n) is 12.1. The van der Waals surface area contributed by atoms with Crippen LogP contribution in [0.4, 0.5) is 4.79 Å². The van der Waals surface area contributed by atoms with Gasteiger partial charge in [0.2, 0.25) is 0 Å². The first-order chi connectivity index (χ1) is 9.85. The van der Waals surface area contributed by atoms with Gasteiger partial charge in [0.05, 0.1) is 11.5 Å². The summed E-state index contributed by atoms with van der Waals surface area (Å²) in [7, 11) is -1.58. The quantitative estimate of drug-likeness (QED) is 0.649. The Morgan fingerprint density at radius 2 is 2.05 bits per heavy atom. The molecule has 0 radical (unpaired) electrons.